The molecule has 7 nitrogen and oxygen atoms in total. The molecule has 0 bridgehead atoms. The van der Waals surface area contributed by atoms with Gasteiger partial charge in [0.1, 0.15) is 6.04 Å². The zero-order valence-electron chi connectivity index (χ0n) is 9.99. The lowest BCUT2D eigenvalue weighted by Crippen LogP contribution is -2.46. The molecular formula is C10H18N2O5. The van der Waals surface area contributed by atoms with Crippen LogP contribution in [0.15, 0.2) is 0 Å². The number of carboxylic acid groups (broad SMARTS) is 1. The molecule has 0 aliphatic heterocycles. The molecule has 0 radical (unpaired) electrons. The lowest BCUT2D eigenvalue weighted by atomic mass is 10.2. The van der Waals surface area contributed by atoms with Crippen molar-refractivity contribution in [2.24, 2.45) is 0 Å². The van der Waals surface area contributed by atoms with E-state index in [0.29, 0.717) is 13.0 Å². The predicted octanol–water partition coefficient (Wildman–Crippen LogP) is 0.102. The Hall–Kier alpha value is -1.79. The van der Waals surface area contributed by atoms with E-state index in [9.17, 15) is 14.4 Å². The van der Waals surface area contributed by atoms with Gasteiger partial charge >= 0.3 is 18.0 Å². The molecule has 1 atom stereocenters. The van der Waals surface area contributed by atoms with Gasteiger partial charge in [-0.3, -0.25) is 4.79 Å². The number of amides is 2. The van der Waals surface area contributed by atoms with Gasteiger partial charge in [0.2, 0.25) is 0 Å². The van der Waals surface area contributed by atoms with Crippen molar-refractivity contribution in [3.63, 3.8) is 0 Å². The molecule has 0 heterocycles. The first kappa shape index (κ1) is 15.2. The molecular weight excluding hydrogens is 228 g/mol. The smallest absolute Gasteiger partial charge is 0.326 e. The Morgan fingerprint density at radius 1 is 1.29 bits per heavy atom. The first-order valence-electron chi connectivity index (χ1n) is 5.44. The summed E-state index contributed by atoms with van der Waals surface area (Å²) in [5.41, 5.74) is 0. The lowest BCUT2D eigenvalue weighted by Gasteiger charge is -2.12. The normalized spacial score (nSPS) is 11.4. The van der Waals surface area contributed by atoms with Crippen molar-refractivity contribution < 1.29 is 24.2 Å². The fraction of sp³-hybridized carbons (Fsp3) is 0.700. The molecule has 0 spiro atoms. The number of nitrogens with one attached hydrogen (secondary N) is 2. The summed E-state index contributed by atoms with van der Waals surface area (Å²) >= 11 is 0. The molecule has 7 heteroatoms. The minimum absolute atomic E-state index is 0.0606. The molecule has 0 rings (SSSR count). The van der Waals surface area contributed by atoms with Gasteiger partial charge in [0.15, 0.2) is 0 Å². The van der Waals surface area contributed by atoms with Crippen molar-refractivity contribution in [3.8, 4) is 0 Å². The maximum absolute atomic E-state index is 11.2. The van der Waals surface area contributed by atoms with Crippen LogP contribution in [0.1, 0.15) is 26.7 Å². The minimum Gasteiger partial charge on any atom is -0.480 e. The van der Waals surface area contributed by atoms with E-state index >= 15 is 0 Å². The second kappa shape index (κ2) is 8.37. The van der Waals surface area contributed by atoms with E-state index in [1.165, 1.54) is 0 Å². The number of aliphatic carboxylic acids is 1. The number of rotatable bonds is 7. The molecule has 2 amide bonds. The van der Waals surface area contributed by atoms with Gasteiger partial charge in [0.25, 0.3) is 0 Å². The fourth-order valence-electron chi connectivity index (χ4n) is 1.06. The highest BCUT2D eigenvalue weighted by Crippen LogP contribution is 1.90. The van der Waals surface area contributed by atoms with Gasteiger partial charge < -0.3 is 20.5 Å². The monoisotopic (exact) mass is 246 g/mol. The highest BCUT2D eigenvalue weighted by molar-refractivity contribution is 5.82. The Balaban J connectivity index is 3.79. The maximum Gasteiger partial charge on any atom is 0.326 e. The predicted molar refractivity (Wildman–Crippen MR) is 59.5 cm³/mol. The second-order valence-corrected chi connectivity index (χ2v) is 3.25. The average Bonchev–Trinajstić information content (AvgIpc) is 2.25. The molecule has 3 N–H and O–H groups in total. The third-order valence-electron chi connectivity index (χ3n) is 1.93. The number of urea groups is 1. The Morgan fingerprint density at radius 2 is 1.94 bits per heavy atom. The molecule has 98 valence electrons. The van der Waals surface area contributed by atoms with Gasteiger partial charge in [0, 0.05) is 6.54 Å². The van der Waals surface area contributed by atoms with Crippen LogP contribution in [-0.4, -0.2) is 42.3 Å². The first-order chi connectivity index (χ1) is 8.01. The van der Waals surface area contributed by atoms with Crippen LogP contribution in [0, 0.1) is 0 Å². The second-order valence-electron chi connectivity index (χ2n) is 3.25. The summed E-state index contributed by atoms with van der Waals surface area (Å²) in [5, 5.41) is 13.3. The van der Waals surface area contributed by atoms with Gasteiger partial charge in [-0.1, -0.05) is 6.92 Å². The van der Waals surface area contributed by atoms with E-state index in [1.54, 1.807) is 13.8 Å². The van der Waals surface area contributed by atoms with E-state index in [1.807, 2.05) is 0 Å². The summed E-state index contributed by atoms with van der Waals surface area (Å²) in [5.74, 6) is -1.49. The van der Waals surface area contributed by atoms with Crippen LogP contribution in [-0.2, 0) is 14.3 Å². The number of hydrogen-bond donors (Lipinski definition) is 3. The van der Waals surface area contributed by atoms with Crippen molar-refractivity contribution in [3.05, 3.63) is 0 Å². The Morgan fingerprint density at radius 3 is 2.41 bits per heavy atom. The summed E-state index contributed by atoms with van der Waals surface area (Å²) in [6.45, 7) is 3.75. The summed E-state index contributed by atoms with van der Waals surface area (Å²) < 4.78 is 4.66. The number of carbonyl (C=O) groups is 3. The Kier molecular flexibility index (Phi) is 7.49. The molecule has 0 aliphatic rings. The van der Waals surface area contributed by atoms with E-state index in [0.717, 1.165) is 0 Å². The molecule has 0 aromatic rings. The molecule has 0 saturated heterocycles. The number of hydrogen-bond acceptors (Lipinski definition) is 4. The van der Waals surface area contributed by atoms with Crippen molar-refractivity contribution in [1.82, 2.24) is 10.6 Å². The molecule has 0 aliphatic carbocycles. The zero-order valence-corrected chi connectivity index (χ0v) is 9.99. The van der Waals surface area contributed by atoms with Crippen LogP contribution < -0.4 is 10.6 Å². The number of carboxylic acids is 1. The van der Waals surface area contributed by atoms with Crippen LogP contribution in [0.25, 0.3) is 0 Å². The average molecular weight is 246 g/mol. The van der Waals surface area contributed by atoms with Gasteiger partial charge in [0.05, 0.1) is 13.0 Å². The highest BCUT2D eigenvalue weighted by Gasteiger charge is 2.17. The van der Waals surface area contributed by atoms with Crippen molar-refractivity contribution in [2.75, 3.05) is 13.2 Å². The van der Waals surface area contributed by atoms with Crippen LogP contribution >= 0.6 is 0 Å². The third-order valence-corrected chi connectivity index (χ3v) is 1.93. The molecule has 0 fully saturated rings. The Labute approximate surface area is 99.5 Å². The summed E-state index contributed by atoms with van der Waals surface area (Å²) in [6, 6.07) is -1.53. The van der Waals surface area contributed by atoms with E-state index in [4.69, 9.17) is 5.11 Å². The van der Waals surface area contributed by atoms with Crippen molar-refractivity contribution >= 4 is 18.0 Å². The number of esters is 1. The van der Waals surface area contributed by atoms with Crippen LogP contribution in [0.5, 0.6) is 0 Å². The lowest BCUT2D eigenvalue weighted by molar-refractivity contribution is -0.143. The number of ether oxygens (including phenoxy) is 1. The minimum atomic E-state index is -1.09. The zero-order chi connectivity index (χ0) is 13.3. The SMILES string of the molecule is CCOC(=O)CCNC(=O)NC(CC)C(=O)O. The van der Waals surface area contributed by atoms with Gasteiger partial charge in [-0.2, -0.15) is 0 Å². The van der Waals surface area contributed by atoms with Crippen molar-refractivity contribution in [1.29, 1.82) is 0 Å². The number of carbonyl (C=O) groups excluding carboxylic acids is 2. The molecule has 0 saturated carbocycles. The molecule has 0 aromatic heterocycles. The third kappa shape index (κ3) is 7.15. The summed E-state index contributed by atoms with van der Waals surface area (Å²) in [6.07, 6.45) is 0.353. The van der Waals surface area contributed by atoms with Crippen LogP contribution in [0.2, 0.25) is 0 Å². The highest BCUT2D eigenvalue weighted by atomic mass is 16.5. The van der Waals surface area contributed by atoms with E-state index < -0.39 is 24.0 Å². The summed E-state index contributed by atoms with van der Waals surface area (Å²) in [7, 11) is 0. The molecule has 17 heavy (non-hydrogen) atoms. The van der Waals surface area contributed by atoms with E-state index in [2.05, 4.69) is 15.4 Å². The Bertz CT molecular complexity index is 280. The maximum atomic E-state index is 11.2. The van der Waals surface area contributed by atoms with Gasteiger partial charge in [-0.05, 0) is 13.3 Å². The van der Waals surface area contributed by atoms with Crippen LogP contribution in [0.4, 0.5) is 4.79 Å². The summed E-state index contributed by atoms with van der Waals surface area (Å²) in [4.78, 5) is 32.8. The first-order valence-corrected chi connectivity index (χ1v) is 5.44. The van der Waals surface area contributed by atoms with Gasteiger partial charge in [-0.25, -0.2) is 9.59 Å². The van der Waals surface area contributed by atoms with Crippen LogP contribution in [0.3, 0.4) is 0 Å². The standard InChI is InChI=1S/C10H18N2O5/c1-3-7(9(14)15)12-10(16)11-6-5-8(13)17-4-2/h7H,3-6H2,1-2H3,(H,14,15)(H2,11,12,16). The van der Waals surface area contributed by atoms with E-state index in [-0.39, 0.29) is 13.0 Å². The molecule has 0 aromatic carbocycles. The topological polar surface area (TPSA) is 105 Å². The quantitative estimate of drug-likeness (QED) is 0.553. The molecule has 1 unspecified atom stereocenters. The fourth-order valence-corrected chi connectivity index (χ4v) is 1.06. The van der Waals surface area contributed by atoms with Crippen molar-refractivity contribution in [2.45, 2.75) is 32.7 Å². The largest absolute Gasteiger partial charge is 0.480 e. The van der Waals surface area contributed by atoms with Gasteiger partial charge in [-0.15, -0.1) is 0 Å².